The molecule has 0 spiro atoms. The molecule has 3 aromatic heterocycles. The lowest BCUT2D eigenvalue weighted by molar-refractivity contribution is 0.953. The highest BCUT2D eigenvalue weighted by atomic mass is 15.2. The minimum Gasteiger partial charge on any atom is -0.309 e. The fourth-order valence-corrected chi connectivity index (χ4v) is 9.93. The van der Waals surface area contributed by atoms with Gasteiger partial charge in [-0.1, -0.05) is 188 Å². The number of para-hydroxylation sites is 3. The highest BCUT2D eigenvalue weighted by Gasteiger charge is 2.20. The number of aromatic nitrogens is 5. The molecule has 0 N–H and O–H groups in total. The van der Waals surface area contributed by atoms with E-state index in [9.17, 15) is 0 Å². The second kappa shape index (κ2) is 16.4. The number of fused-ring (bicyclic) bond motifs is 6. The van der Waals surface area contributed by atoms with Crippen molar-refractivity contribution in [1.29, 1.82) is 0 Å². The van der Waals surface area contributed by atoms with Gasteiger partial charge in [-0.05, 0) is 105 Å². The maximum absolute atomic E-state index is 5.24. The molecule has 0 amide bonds. The van der Waals surface area contributed by atoms with Crippen LogP contribution in [0.15, 0.2) is 249 Å². The van der Waals surface area contributed by atoms with E-state index in [1.165, 1.54) is 33.0 Å². The van der Waals surface area contributed by atoms with Crippen molar-refractivity contribution in [2.45, 2.75) is 0 Å². The van der Waals surface area contributed by atoms with Crippen LogP contribution in [0.4, 0.5) is 0 Å². The zero-order chi connectivity index (χ0) is 45.0. The Morgan fingerprint density at radius 1 is 0.221 bits per heavy atom. The Labute approximate surface area is 393 Å². The first-order chi connectivity index (χ1) is 33.7. The molecule has 0 aliphatic carbocycles. The maximum atomic E-state index is 5.24. The average molecular weight is 868 g/mol. The molecule has 0 radical (unpaired) electrons. The molecule has 0 fully saturated rings. The molecule has 0 aliphatic heterocycles. The monoisotopic (exact) mass is 867 g/mol. The van der Waals surface area contributed by atoms with Crippen LogP contribution in [-0.2, 0) is 0 Å². The molecule has 0 saturated carbocycles. The Balaban J connectivity index is 1.07. The van der Waals surface area contributed by atoms with E-state index in [1.54, 1.807) is 0 Å². The topological polar surface area (TPSA) is 48.5 Å². The van der Waals surface area contributed by atoms with Crippen molar-refractivity contribution in [1.82, 2.24) is 24.1 Å². The maximum Gasteiger partial charge on any atom is 0.238 e. The van der Waals surface area contributed by atoms with Crippen LogP contribution in [0.25, 0.3) is 123 Å². The molecule has 3 heterocycles. The molecule has 5 nitrogen and oxygen atoms in total. The van der Waals surface area contributed by atoms with Crippen molar-refractivity contribution in [2.75, 3.05) is 0 Å². The van der Waals surface area contributed by atoms with Crippen molar-refractivity contribution in [2.24, 2.45) is 0 Å². The van der Waals surface area contributed by atoms with Gasteiger partial charge >= 0.3 is 0 Å². The molecular weight excluding hydrogens is 827 g/mol. The van der Waals surface area contributed by atoms with Gasteiger partial charge in [-0.15, -0.1) is 0 Å². The minimum absolute atomic E-state index is 0.562. The van der Waals surface area contributed by atoms with Gasteiger partial charge in [0.2, 0.25) is 5.95 Å². The van der Waals surface area contributed by atoms with Gasteiger partial charge in [0.1, 0.15) is 0 Å². The highest BCUT2D eigenvalue weighted by molar-refractivity contribution is 6.11. The van der Waals surface area contributed by atoms with Crippen LogP contribution < -0.4 is 0 Å². The molecule has 13 rings (SSSR count). The predicted molar refractivity (Wildman–Crippen MR) is 281 cm³/mol. The van der Waals surface area contributed by atoms with Crippen LogP contribution in [0.1, 0.15) is 0 Å². The molecule has 10 aromatic carbocycles. The van der Waals surface area contributed by atoms with Gasteiger partial charge in [0.05, 0.1) is 22.1 Å². The van der Waals surface area contributed by atoms with Gasteiger partial charge < -0.3 is 4.57 Å². The summed E-state index contributed by atoms with van der Waals surface area (Å²) >= 11 is 0. The zero-order valence-electron chi connectivity index (χ0n) is 36.9. The molecule has 0 aliphatic rings. The van der Waals surface area contributed by atoms with Crippen molar-refractivity contribution < 1.29 is 0 Å². The third kappa shape index (κ3) is 6.84. The summed E-state index contributed by atoms with van der Waals surface area (Å²) in [6, 6.07) is 88.6. The van der Waals surface area contributed by atoms with Crippen molar-refractivity contribution in [3.63, 3.8) is 0 Å². The normalized spacial score (nSPS) is 11.5. The number of rotatable bonds is 8. The van der Waals surface area contributed by atoms with Crippen LogP contribution in [0.3, 0.4) is 0 Å². The Morgan fingerprint density at radius 2 is 0.574 bits per heavy atom. The van der Waals surface area contributed by atoms with E-state index in [0.717, 1.165) is 71.9 Å². The quantitative estimate of drug-likeness (QED) is 0.153. The predicted octanol–water partition coefficient (Wildman–Crippen LogP) is 16.1. The van der Waals surface area contributed by atoms with E-state index in [4.69, 9.17) is 15.0 Å². The van der Waals surface area contributed by atoms with Crippen LogP contribution in [-0.4, -0.2) is 24.1 Å². The standard InChI is InChI=1S/C63H41N5/c1-5-19-42(20-6-1)47-35-48(43-21-7-2-8-22-43)37-49(36-47)51-38-50(39-52(40-51)67-57-30-16-13-27-53(57)54-28-14-17-31-58(54)67)46-33-34-56-55-29-15-18-32-59(55)68(60(56)41-46)63-65-61(44-23-9-3-10-24-44)64-62(66-63)45-25-11-4-12-26-45/h1-41H. The first-order valence-corrected chi connectivity index (χ1v) is 23.0. The van der Waals surface area contributed by atoms with E-state index in [-0.39, 0.29) is 0 Å². The minimum atomic E-state index is 0.562. The molecule has 68 heavy (non-hydrogen) atoms. The Bertz CT molecular complexity index is 3840. The summed E-state index contributed by atoms with van der Waals surface area (Å²) < 4.78 is 4.63. The van der Waals surface area contributed by atoms with Crippen molar-refractivity contribution in [3.8, 4) is 78.9 Å². The SMILES string of the molecule is c1ccc(-c2cc(-c3ccccc3)cc(-c3cc(-c4ccc5c6ccccc6n(-c6nc(-c7ccccc7)nc(-c7ccccc7)n6)c5c4)cc(-n4c5ccccc5c5ccccc54)c3)c2)cc1. The Kier molecular flexibility index (Phi) is 9.43. The largest absolute Gasteiger partial charge is 0.309 e. The van der Waals surface area contributed by atoms with Gasteiger partial charge in [0.15, 0.2) is 11.6 Å². The molecule has 0 atom stereocenters. The lowest BCUT2D eigenvalue weighted by atomic mass is 9.91. The fourth-order valence-electron chi connectivity index (χ4n) is 9.93. The van der Waals surface area contributed by atoms with Crippen LogP contribution in [0.5, 0.6) is 0 Å². The third-order valence-electron chi connectivity index (χ3n) is 13.1. The summed E-state index contributed by atoms with van der Waals surface area (Å²) in [6.07, 6.45) is 0. The van der Waals surface area contributed by atoms with Gasteiger partial charge in [-0.2, -0.15) is 9.97 Å². The highest BCUT2D eigenvalue weighted by Crippen LogP contribution is 2.41. The lowest BCUT2D eigenvalue weighted by Gasteiger charge is -2.16. The molecule has 0 saturated heterocycles. The van der Waals surface area contributed by atoms with Gasteiger partial charge in [0.25, 0.3) is 0 Å². The molecular formula is C63H41N5. The van der Waals surface area contributed by atoms with Gasteiger partial charge in [0, 0.05) is 38.4 Å². The third-order valence-corrected chi connectivity index (χ3v) is 13.1. The summed E-state index contributed by atoms with van der Waals surface area (Å²) in [7, 11) is 0. The second-order valence-electron chi connectivity index (χ2n) is 17.3. The first-order valence-electron chi connectivity index (χ1n) is 23.0. The van der Waals surface area contributed by atoms with E-state index in [1.807, 2.05) is 36.4 Å². The number of nitrogens with zero attached hydrogens (tertiary/aromatic N) is 5. The number of benzene rings is 10. The lowest BCUT2D eigenvalue weighted by Crippen LogP contribution is -2.06. The first kappa shape index (κ1) is 39.2. The summed E-state index contributed by atoms with van der Waals surface area (Å²) in [5.41, 5.74) is 16.4. The van der Waals surface area contributed by atoms with Crippen LogP contribution >= 0.6 is 0 Å². The summed E-state index contributed by atoms with van der Waals surface area (Å²) in [4.78, 5) is 15.5. The molecule has 0 bridgehead atoms. The molecule has 5 heteroatoms. The van der Waals surface area contributed by atoms with Crippen molar-refractivity contribution in [3.05, 3.63) is 249 Å². The second-order valence-corrected chi connectivity index (χ2v) is 17.3. The summed E-state index contributed by atoms with van der Waals surface area (Å²) in [5, 5.41) is 4.69. The van der Waals surface area contributed by atoms with Crippen molar-refractivity contribution >= 4 is 43.6 Å². The Hall–Kier alpha value is -9.19. The molecule has 0 unspecified atom stereocenters. The summed E-state index contributed by atoms with van der Waals surface area (Å²) in [5.74, 6) is 1.80. The average Bonchev–Trinajstić information content (AvgIpc) is 3.94. The van der Waals surface area contributed by atoms with E-state index in [0.29, 0.717) is 17.6 Å². The Morgan fingerprint density at radius 3 is 1.04 bits per heavy atom. The fraction of sp³-hybridized carbons (Fsp3) is 0. The zero-order valence-corrected chi connectivity index (χ0v) is 36.9. The summed E-state index contributed by atoms with van der Waals surface area (Å²) in [6.45, 7) is 0. The van der Waals surface area contributed by atoms with E-state index < -0.39 is 0 Å². The molecule has 13 aromatic rings. The van der Waals surface area contributed by atoms with Crippen LogP contribution in [0, 0.1) is 0 Å². The smallest absolute Gasteiger partial charge is 0.238 e. The van der Waals surface area contributed by atoms with E-state index in [2.05, 4.69) is 221 Å². The van der Waals surface area contributed by atoms with Crippen LogP contribution in [0.2, 0.25) is 0 Å². The molecule has 318 valence electrons. The van der Waals surface area contributed by atoms with Gasteiger partial charge in [-0.3, -0.25) is 4.57 Å². The number of hydrogen-bond donors (Lipinski definition) is 0. The van der Waals surface area contributed by atoms with Gasteiger partial charge in [-0.25, -0.2) is 4.98 Å². The van der Waals surface area contributed by atoms with E-state index >= 15 is 0 Å². The number of hydrogen-bond acceptors (Lipinski definition) is 3.